The zero-order chi connectivity index (χ0) is 23.8. The zero-order valence-corrected chi connectivity index (χ0v) is 19.5. The summed E-state index contributed by atoms with van der Waals surface area (Å²) >= 11 is 0. The van der Waals surface area contributed by atoms with Gasteiger partial charge >= 0.3 is 0 Å². The van der Waals surface area contributed by atoms with Gasteiger partial charge in [0.05, 0.1) is 11.1 Å². The number of carbonyl (C=O) groups is 1. The molecule has 0 unspecified atom stereocenters. The minimum absolute atomic E-state index is 0.102. The molecule has 0 aliphatic carbocycles. The Labute approximate surface area is 194 Å². The van der Waals surface area contributed by atoms with Gasteiger partial charge in [0, 0.05) is 0 Å². The molecule has 0 fully saturated rings. The lowest BCUT2D eigenvalue weighted by molar-refractivity contribution is -0.123. The van der Waals surface area contributed by atoms with Crippen molar-refractivity contribution < 1.29 is 17.9 Å². The highest BCUT2D eigenvalue weighted by atomic mass is 32.2. The molecule has 3 aromatic carbocycles. The summed E-state index contributed by atoms with van der Waals surface area (Å²) in [6, 6.07) is 22.0. The molecular formula is C25H27N3O4S. The summed E-state index contributed by atoms with van der Waals surface area (Å²) < 4.78 is 33.7. The summed E-state index contributed by atoms with van der Waals surface area (Å²) in [4.78, 5) is 12.8. The molecule has 0 aliphatic heterocycles. The van der Waals surface area contributed by atoms with Crippen molar-refractivity contribution in [2.75, 3.05) is 0 Å². The van der Waals surface area contributed by atoms with Crippen LogP contribution in [-0.4, -0.2) is 26.6 Å². The van der Waals surface area contributed by atoms with Gasteiger partial charge in [0.25, 0.3) is 5.91 Å². The molecule has 3 rings (SSSR count). The second kappa shape index (κ2) is 10.9. The lowest BCUT2D eigenvalue weighted by Crippen LogP contribution is -2.48. The van der Waals surface area contributed by atoms with E-state index in [-0.39, 0.29) is 10.8 Å². The van der Waals surface area contributed by atoms with Crippen LogP contribution >= 0.6 is 0 Å². The number of sulfonamides is 1. The van der Waals surface area contributed by atoms with Crippen LogP contribution in [0, 0.1) is 12.8 Å². The normalized spacial score (nSPS) is 12.6. The number of nitrogens with one attached hydrogen (secondary N) is 2. The quantitative estimate of drug-likeness (QED) is 0.365. The van der Waals surface area contributed by atoms with Gasteiger partial charge in [-0.2, -0.15) is 9.82 Å². The lowest BCUT2D eigenvalue weighted by atomic mass is 10.1. The van der Waals surface area contributed by atoms with Gasteiger partial charge in [0.15, 0.2) is 0 Å². The highest BCUT2D eigenvalue weighted by Gasteiger charge is 2.28. The number of nitrogens with zero attached hydrogens (tertiary/aromatic N) is 1. The van der Waals surface area contributed by atoms with Gasteiger partial charge < -0.3 is 4.74 Å². The highest BCUT2D eigenvalue weighted by Crippen LogP contribution is 2.21. The molecule has 172 valence electrons. The van der Waals surface area contributed by atoms with Crippen LogP contribution in [0.3, 0.4) is 0 Å². The third-order valence-electron chi connectivity index (χ3n) is 4.79. The van der Waals surface area contributed by atoms with Crippen molar-refractivity contribution in [2.45, 2.75) is 31.7 Å². The van der Waals surface area contributed by atoms with E-state index >= 15 is 0 Å². The summed E-state index contributed by atoms with van der Waals surface area (Å²) in [5, 5.41) is 3.99. The van der Waals surface area contributed by atoms with E-state index in [1.165, 1.54) is 18.3 Å². The summed E-state index contributed by atoms with van der Waals surface area (Å²) in [5.74, 6) is 0.500. The second-order valence-corrected chi connectivity index (χ2v) is 9.59. The van der Waals surface area contributed by atoms with Crippen molar-refractivity contribution in [1.82, 2.24) is 10.1 Å². The molecule has 1 amide bonds. The Bertz CT molecular complexity index is 1210. The molecule has 0 spiro atoms. The number of hydrogen-bond acceptors (Lipinski definition) is 5. The van der Waals surface area contributed by atoms with Crippen LogP contribution in [-0.2, 0) is 14.8 Å². The Morgan fingerprint density at radius 3 is 2.27 bits per heavy atom. The SMILES string of the molecule is Cc1ccc(S(=O)(=O)N[C@H](C(=O)N/N=C\c2cccc(Oc3ccccc3)c2)C(C)C)cc1. The number of hydrogen-bond donors (Lipinski definition) is 2. The van der Waals surface area contributed by atoms with E-state index in [1.54, 1.807) is 32.0 Å². The van der Waals surface area contributed by atoms with Gasteiger partial charge in [-0.15, -0.1) is 0 Å². The van der Waals surface area contributed by atoms with Crippen LogP contribution in [0.2, 0.25) is 0 Å². The standard InChI is InChI=1S/C25H27N3O4S/c1-18(2)24(28-33(30,31)23-14-12-19(3)13-15-23)25(29)27-26-17-20-8-7-11-22(16-20)32-21-9-5-4-6-10-21/h4-18,24,28H,1-3H3,(H,27,29)/b26-17-/t24-/m0/s1. The Morgan fingerprint density at radius 2 is 1.61 bits per heavy atom. The van der Waals surface area contributed by atoms with Crippen LogP contribution < -0.4 is 14.9 Å². The number of rotatable bonds is 9. The molecule has 0 radical (unpaired) electrons. The predicted octanol–water partition coefficient (Wildman–Crippen LogP) is 4.24. The van der Waals surface area contributed by atoms with Gasteiger partial charge in [-0.05, 0) is 54.8 Å². The van der Waals surface area contributed by atoms with E-state index < -0.39 is 22.0 Å². The molecule has 1 atom stereocenters. The molecule has 2 N–H and O–H groups in total. The summed E-state index contributed by atoms with van der Waals surface area (Å²) in [6.07, 6.45) is 1.47. The number of ether oxygens (including phenoxy) is 1. The van der Waals surface area contributed by atoms with Crippen LogP contribution in [0.5, 0.6) is 11.5 Å². The molecule has 0 bridgehead atoms. The fraction of sp³-hybridized carbons (Fsp3) is 0.200. The topological polar surface area (TPSA) is 96.9 Å². The Hall–Kier alpha value is -3.49. The van der Waals surface area contributed by atoms with Gasteiger partial charge in [0.1, 0.15) is 17.5 Å². The largest absolute Gasteiger partial charge is 0.457 e. The smallest absolute Gasteiger partial charge is 0.258 e. The van der Waals surface area contributed by atoms with E-state index in [9.17, 15) is 13.2 Å². The molecule has 7 nitrogen and oxygen atoms in total. The molecule has 33 heavy (non-hydrogen) atoms. The molecule has 0 saturated heterocycles. The van der Waals surface area contributed by atoms with Crippen LogP contribution in [0.25, 0.3) is 0 Å². The Kier molecular flexibility index (Phi) is 7.97. The first-order valence-electron chi connectivity index (χ1n) is 10.5. The van der Waals surface area contributed by atoms with Crippen molar-refractivity contribution in [2.24, 2.45) is 11.0 Å². The number of benzene rings is 3. The van der Waals surface area contributed by atoms with E-state index in [2.05, 4.69) is 15.2 Å². The average Bonchev–Trinajstić information content (AvgIpc) is 2.78. The second-order valence-electron chi connectivity index (χ2n) is 7.88. The number of para-hydroxylation sites is 1. The molecule has 8 heteroatoms. The fourth-order valence-corrected chi connectivity index (χ4v) is 4.31. The first-order chi connectivity index (χ1) is 15.7. The monoisotopic (exact) mass is 465 g/mol. The third-order valence-corrected chi connectivity index (χ3v) is 6.24. The van der Waals surface area contributed by atoms with Crippen molar-refractivity contribution >= 4 is 22.1 Å². The van der Waals surface area contributed by atoms with Crippen LogP contribution in [0.1, 0.15) is 25.0 Å². The Balaban J connectivity index is 1.65. The number of aryl methyl sites for hydroxylation is 1. The lowest BCUT2D eigenvalue weighted by Gasteiger charge is -2.20. The molecular weight excluding hydrogens is 438 g/mol. The molecule has 3 aromatic rings. The van der Waals surface area contributed by atoms with Gasteiger partial charge in [0.2, 0.25) is 10.0 Å². The third kappa shape index (κ3) is 7.00. The van der Waals surface area contributed by atoms with Gasteiger partial charge in [-0.25, -0.2) is 13.8 Å². The van der Waals surface area contributed by atoms with E-state index in [1.807, 2.05) is 55.5 Å². The zero-order valence-electron chi connectivity index (χ0n) is 18.7. The van der Waals surface area contributed by atoms with Crippen molar-refractivity contribution in [3.05, 3.63) is 90.0 Å². The minimum atomic E-state index is -3.86. The minimum Gasteiger partial charge on any atom is -0.457 e. The summed E-state index contributed by atoms with van der Waals surface area (Å²) in [6.45, 7) is 5.39. The van der Waals surface area contributed by atoms with Gasteiger partial charge in [-0.1, -0.05) is 61.9 Å². The molecule has 0 heterocycles. The number of amides is 1. The number of hydrazone groups is 1. The summed E-state index contributed by atoms with van der Waals surface area (Å²) in [7, 11) is -3.86. The van der Waals surface area contributed by atoms with Crippen LogP contribution in [0.4, 0.5) is 0 Å². The van der Waals surface area contributed by atoms with E-state index in [0.717, 1.165) is 5.56 Å². The maximum atomic E-state index is 12.7. The first-order valence-corrected chi connectivity index (χ1v) is 12.0. The molecule has 0 aromatic heterocycles. The molecule has 0 saturated carbocycles. The van der Waals surface area contributed by atoms with E-state index in [4.69, 9.17) is 4.74 Å². The number of carbonyl (C=O) groups excluding carboxylic acids is 1. The van der Waals surface area contributed by atoms with E-state index in [0.29, 0.717) is 17.1 Å². The van der Waals surface area contributed by atoms with Crippen molar-refractivity contribution in [3.8, 4) is 11.5 Å². The van der Waals surface area contributed by atoms with Crippen molar-refractivity contribution in [3.63, 3.8) is 0 Å². The first kappa shape index (κ1) is 24.2. The maximum absolute atomic E-state index is 12.7. The summed E-state index contributed by atoms with van der Waals surface area (Å²) in [5.41, 5.74) is 4.08. The fourth-order valence-electron chi connectivity index (χ4n) is 2.97. The molecule has 0 aliphatic rings. The van der Waals surface area contributed by atoms with Crippen LogP contribution in [0.15, 0.2) is 88.9 Å². The predicted molar refractivity (Wildman–Crippen MR) is 129 cm³/mol. The Morgan fingerprint density at radius 1 is 0.939 bits per heavy atom. The average molecular weight is 466 g/mol. The maximum Gasteiger partial charge on any atom is 0.258 e. The highest BCUT2D eigenvalue weighted by molar-refractivity contribution is 7.89. The van der Waals surface area contributed by atoms with Crippen molar-refractivity contribution in [1.29, 1.82) is 0 Å². The van der Waals surface area contributed by atoms with Gasteiger partial charge in [-0.3, -0.25) is 4.79 Å².